The number of fused-ring (bicyclic) bond motifs is 2. The number of piperidine rings is 2. The molecule has 6 heterocycles. The molecule has 0 bridgehead atoms. The number of nitrogens with zero attached hydrogens (tertiary/aromatic N) is 9. The third-order valence-corrected chi connectivity index (χ3v) is 13.0. The molecule has 3 fully saturated rings. The van der Waals surface area contributed by atoms with Crippen LogP contribution in [-0.2, 0) is 48.6 Å². The van der Waals surface area contributed by atoms with Crippen molar-refractivity contribution in [3.63, 3.8) is 0 Å². The molecule has 7 rings (SSSR count). The summed E-state index contributed by atoms with van der Waals surface area (Å²) in [6.07, 6.45) is 10.2. The van der Waals surface area contributed by atoms with E-state index in [4.69, 9.17) is 37.4 Å². The Labute approximate surface area is 350 Å². The fraction of sp³-hybridized carbons (Fsp3) is 0.619. The minimum Gasteiger partial charge on any atom is -0.381 e. The number of hydrogen-bond acceptors (Lipinski definition) is 10. The van der Waals surface area contributed by atoms with Crippen molar-refractivity contribution in [1.29, 1.82) is 0 Å². The van der Waals surface area contributed by atoms with Crippen LogP contribution in [0.4, 0.5) is 21.0 Å². The lowest BCUT2D eigenvalue weighted by Gasteiger charge is -2.35. The van der Waals surface area contributed by atoms with Gasteiger partial charge >= 0.3 is 12.1 Å². The Balaban J connectivity index is 1.34. The van der Waals surface area contributed by atoms with E-state index in [9.17, 15) is 14.4 Å². The highest BCUT2D eigenvalue weighted by molar-refractivity contribution is 5.93. The molecule has 8 N–H and O–H groups in total. The molecule has 0 aromatic carbocycles. The number of anilines is 2. The minimum atomic E-state index is -0.417. The summed E-state index contributed by atoms with van der Waals surface area (Å²) in [7, 11) is 0. The maximum Gasteiger partial charge on any atom is 0.314 e. The van der Waals surface area contributed by atoms with E-state index >= 15 is 4.79 Å². The lowest BCUT2D eigenvalue weighted by atomic mass is 9.80. The van der Waals surface area contributed by atoms with Crippen LogP contribution >= 0.6 is 0 Å². The van der Waals surface area contributed by atoms with Crippen LogP contribution in [-0.4, -0.2) is 106 Å². The predicted octanol–water partition coefficient (Wildman–Crippen LogP) is 4.07. The van der Waals surface area contributed by atoms with Crippen LogP contribution in [0, 0.1) is 11.8 Å². The van der Waals surface area contributed by atoms with E-state index in [2.05, 4.69) is 24.5 Å². The maximum absolute atomic E-state index is 15.3. The molecule has 3 aliphatic rings. The molecule has 60 heavy (non-hydrogen) atoms. The van der Waals surface area contributed by atoms with Crippen molar-refractivity contribution < 1.29 is 19.2 Å². The van der Waals surface area contributed by atoms with Crippen molar-refractivity contribution in [3.05, 3.63) is 34.9 Å². The summed E-state index contributed by atoms with van der Waals surface area (Å²) in [4.78, 5) is 67.5. The number of primary amides is 3. The summed E-state index contributed by atoms with van der Waals surface area (Å²) in [5.74, 6) is -1.17. The molecule has 2 saturated heterocycles. The highest BCUT2D eigenvalue weighted by atomic mass is 16.2. The van der Waals surface area contributed by atoms with Gasteiger partial charge in [0.25, 0.3) is 0 Å². The molecule has 324 valence electrons. The maximum atomic E-state index is 15.3. The first-order chi connectivity index (χ1) is 28.9. The van der Waals surface area contributed by atoms with E-state index in [0.717, 1.165) is 62.4 Å². The molecule has 2 unspecified atom stereocenters. The van der Waals surface area contributed by atoms with E-state index in [1.165, 1.54) is 0 Å². The topological polar surface area (TPSA) is 242 Å². The first-order valence-electron chi connectivity index (χ1n) is 21.9. The van der Waals surface area contributed by atoms with E-state index in [1.54, 1.807) is 9.80 Å². The van der Waals surface area contributed by atoms with Gasteiger partial charge in [0.1, 0.15) is 0 Å². The number of urea groups is 2. The van der Waals surface area contributed by atoms with Gasteiger partial charge < -0.3 is 42.5 Å². The number of likely N-dealkylation sites (tertiary alicyclic amines) is 2. The lowest BCUT2D eigenvalue weighted by molar-refractivity contribution is -0.139. The first kappa shape index (κ1) is 42.4. The second-order valence-electron chi connectivity index (χ2n) is 16.6. The molecule has 6 amide bonds. The molecular weight excluding hydrogens is 765 g/mol. The molecule has 1 saturated carbocycles. The van der Waals surface area contributed by atoms with Gasteiger partial charge in [-0.1, -0.05) is 20.3 Å². The van der Waals surface area contributed by atoms with Gasteiger partial charge in [0.2, 0.25) is 11.8 Å². The molecule has 0 radical (unpaired) electrons. The smallest absolute Gasteiger partial charge is 0.314 e. The SMILES string of the molecule is CCc1nc2c(cnn2CC)c(NC2CCN(C(N)=O)CC2)c1CN(Cc1c(CC)nc2c(cnn2CC)c1NC1CCN(C(N)=O)CC1)C(=O)C1CCCC(C(N)=O)C1. The second-order valence-corrected chi connectivity index (χ2v) is 16.6. The number of hydrogen-bond donors (Lipinski definition) is 5. The fourth-order valence-electron chi connectivity index (χ4n) is 9.49. The number of carbonyl (C=O) groups excluding carboxylic acids is 4. The summed E-state index contributed by atoms with van der Waals surface area (Å²) in [5, 5.41) is 18.9. The van der Waals surface area contributed by atoms with Gasteiger partial charge in [-0.05, 0) is 71.6 Å². The van der Waals surface area contributed by atoms with Crippen molar-refractivity contribution in [2.45, 2.75) is 130 Å². The molecule has 4 aromatic heterocycles. The molecule has 0 spiro atoms. The number of nitrogens with two attached hydrogens (primary N) is 3. The van der Waals surface area contributed by atoms with Crippen molar-refractivity contribution >= 4 is 57.3 Å². The van der Waals surface area contributed by atoms with Gasteiger partial charge in [0, 0.05) is 98.8 Å². The Morgan fingerprint density at radius 1 is 0.667 bits per heavy atom. The van der Waals surface area contributed by atoms with E-state index in [0.29, 0.717) is 97.1 Å². The van der Waals surface area contributed by atoms with Crippen LogP contribution in [0.2, 0.25) is 0 Å². The molecule has 2 atom stereocenters. The molecule has 4 aromatic rings. The third kappa shape index (κ3) is 8.64. The monoisotopic (exact) mass is 827 g/mol. The Morgan fingerprint density at radius 2 is 1.10 bits per heavy atom. The number of rotatable bonds is 14. The Kier molecular flexibility index (Phi) is 12.9. The van der Waals surface area contributed by atoms with Crippen LogP contribution < -0.4 is 27.8 Å². The number of aryl methyl sites for hydroxylation is 4. The molecule has 1 aliphatic carbocycles. The van der Waals surface area contributed by atoms with E-state index in [-0.39, 0.29) is 42.9 Å². The predicted molar refractivity (Wildman–Crippen MR) is 230 cm³/mol. The van der Waals surface area contributed by atoms with Crippen LogP contribution in [0.15, 0.2) is 12.4 Å². The van der Waals surface area contributed by atoms with Crippen LogP contribution in [0.5, 0.6) is 0 Å². The van der Waals surface area contributed by atoms with Gasteiger partial charge in [-0.2, -0.15) is 10.2 Å². The highest BCUT2D eigenvalue weighted by Gasteiger charge is 2.35. The van der Waals surface area contributed by atoms with Crippen LogP contribution in [0.3, 0.4) is 0 Å². The standard InChI is InChI=1S/C42H62N14O4/c1-5-33-31(35(29-21-46-55(7-3)38(29)50-33)48-27-12-16-52(17-13-27)41(44)59)23-54(40(58)26-11-9-10-25(20-26)37(43)57)24-32-34(6-2)51-39-30(22-47-56(39)8-4)36(32)49-28-14-18-53(19-15-28)42(45)60/h21-22,25-28H,5-20,23-24H2,1-4H3,(H2,43,57)(H2,44,59)(H2,45,60)(H,48,50)(H,49,51). The zero-order chi connectivity index (χ0) is 42.7. The first-order valence-corrected chi connectivity index (χ1v) is 21.9. The molecular formula is C42H62N14O4. The zero-order valence-corrected chi connectivity index (χ0v) is 35.6. The zero-order valence-electron chi connectivity index (χ0n) is 35.6. The number of nitrogens with one attached hydrogen (secondary N) is 2. The molecule has 18 nitrogen and oxygen atoms in total. The number of carbonyl (C=O) groups is 4. The largest absolute Gasteiger partial charge is 0.381 e. The fourth-order valence-corrected chi connectivity index (χ4v) is 9.49. The summed E-state index contributed by atoms with van der Waals surface area (Å²) in [6, 6.07) is -0.744. The number of aromatic nitrogens is 6. The number of amides is 6. The Bertz CT molecular complexity index is 2090. The third-order valence-electron chi connectivity index (χ3n) is 13.0. The number of pyridine rings is 2. The molecule has 18 heteroatoms. The minimum absolute atomic E-state index is 0.0415. The van der Waals surface area contributed by atoms with Gasteiger partial charge in [-0.3, -0.25) is 9.59 Å². The summed E-state index contributed by atoms with van der Waals surface area (Å²) >= 11 is 0. The van der Waals surface area contributed by atoms with Crippen molar-refractivity contribution in [2.75, 3.05) is 36.8 Å². The van der Waals surface area contributed by atoms with Crippen LogP contribution in [0.1, 0.15) is 102 Å². The molecule has 2 aliphatic heterocycles. The van der Waals surface area contributed by atoms with Gasteiger partial charge in [-0.25, -0.2) is 28.9 Å². The van der Waals surface area contributed by atoms with E-state index < -0.39 is 18.0 Å². The lowest BCUT2D eigenvalue weighted by Crippen LogP contribution is -2.45. The van der Waals surface area contributed by atoms with Crippen LogP contribution in [0.25, 0.3) is 22.1 Å². The van der Waals surface area contributed by atoms with Crippen molar-refractivity contribution in [2.24, 2.45) is 29.0 Å². The van der Waals surface area contributed by atoms with Gasteiger partial charge in [-0.15, -0.1) is 0 Å². The summed E-state index contributed by atoms with van der Waals surface area (Å²) in [5.41, 5.74) is 24.0. The summed E-state index contributed by atoms with van der Waals surface area (Å²) < 4.78 is 3.79. The highest BCUT2D eigenvalue weighted by Crippen LogP contribution is 2.38. The Morgan fingerprint density at radius 3 is 1.48 bits per heavy atom. The quantitative estimate of drug-likeness (QED) is 0.122. The van der Waals surface area contributed by atoms with E-state index in [1.807, 2.05) is 40.5 Å². The second kappa shape index (κ2) is 18.3. The van der Waals surface area contributed by atoms with Crippen molar-refractivity contribution in [1.82, 2.24) is 44.2 Å². The van der Waals surface area contributed by atoms with Gasteiger partial charge in [0.15, 0.2) is 11.3 Å². The van der Waals surface area contributed by atoms with Crippen molar-refractivity contribution in [3.8, 4) is 0 Å². The van der Waals surface area contributed by atoms with Gasteiger partial charge in [0.05, 0.1) is 34.5 Å². The summed E-state index contributed by atoms with van der Waals surface area (Å²) in [6.45, 7) is 12.2. The average molecular weight is 827 g/mol. The normalized spacial score (nSPS) is 19.2. The average Bonchev–Trinajstić information content (AvgIpc) is 3.88. The Hall–Kier alpha value is -5.68.